The molecule has 2 amide bonds. The molecule has 7 rings (SSSR count). The second kappa shape index (κ2) is 11.9. The van der Waals surface area contributed by atoms with E-state index in [1.54, 1.807) is 4.90 Å². The number of hydrogen-bond donors (Lipinski definition) is 2. The van der Waals surface area contributed by atoms with Crippen LogP contribution >= 0.6 is 0 Å². The first-order valence-electron chi connectivity index (χ1n) is 17.3. The largest absolute Gasteiger partial charge is 0.444 e. The average molecular weight is 663 g/mol. The van der Waals surface area contributed by atoms with Crippen molar-refractivity contribution in [1.29, 1.82) is 0 Å². The van der Waals surface area contributed by atoms with Crippen LogP contribution in [0.5, 0.6) is 0 Å². The van der Waals surface area contributed by atoms with Gasteiger partial charge in [0, 0.05) is 18.7 Å². The Morgan fingerprint density at radius 1 is 0.816 bits per heavy atom. The zero-order valence-corrected chi connectivity index (χ0v) is 29.5. The number of benzene rings is 3. The summed E-state index contributed by atoms with van der Waals surface area (Å²) in [6, 6.07) is 19.0. The number of amides is 2. The van der Waals surface area contributed by atoms with Crippen LogP contribution in [0, 0.1) is 0 Å². The van der Waals surface area contributed by atoms with Crippen LogP contribution in [0.25, 0.3) is 44.2 Å². The van der Waals surface area contributed by atoms with Crippen LogP contribution in [-0.4, -0.2) is 66.2 Å². The molecule has 2 atom stereocenters. The van der Waals surface area contributed by atoms with E-state index in [4.69, 9.17) is 14.5 Å². The third kappa shape index (κ3) is 6.48. The minimum absolute atomic E-state index is 0.125. The maximum Gasteiger partial charge on any atom is 0.411 e. The number of carbonyl (C=O) groups is 2. The third-order valence-electron chi connectivity index (χ3n) is 9.52. The summed E-state index contributed by atoms with van der Waals surface area (Å²) in [5.41, 5.74) is 4.27. The van der Waals surface area contributed by atoms with Gasteiger partial charge in [-0.1, -0.05) is 30.3 Å². The SMILES string of the molecule is CC(C)(C)OC(=O)N1CCCC1c1ncc(-c2ccc3cc(-c4ccc5nc(C6(C)CCCN6C(=O)OC(C)(C)C)[nH]c5c4)ccc3c2)[nH]1. The van der Waals surface area contributed by atoms with Crippen LogP contribution in [0.3, 0.4) is 0 Å². The number of likely N-dealkylation sites (tertiary alicyclic amines) is 2. The highest BCUT2D eigenvalue weighted by Crippen LogP contribution is 2.40. The Labute approximate surface area is 287 Å². The molecular weight excluding hydrogens is 616 g/mol. The molecule has 49 heavy (non-hydrogen) atoms. The van der Waals surface area contributed by atoms with Gasteiger partial charge in [0.05, 0.1) is 29.0 Å². The number of nitrogens with zero attached hydrogens (tertiary/aromatic N) is 4. The Hall–Kier alpha value is -4.86. The van der Waals surface area contributed by atoms with Crippen LogP contribution in [0.2, 0.25) is 0 Å². The predicted octanol–water partition coefficient (Wildman–Crippen LogP) is 9.09. The molecule has 0 spiro atoms. The van der Waals surface area contributed by atoms with Gasteiger partial charge < -0.3 is 19.4 Å². The van der Waals surface area contributed by atoms with Gasteiger partial charge in [-0.05, 0) is 120 Å². The number of imidazole rings is 2. The highest BCUT2D eigenvalue weighted by atomic mass is 16.6. The van der Waals surface area contributed by atoms with E-state index in [9.17, 15) is 9.59 Å². The number of H-pyrrole nitrogens is 2. The molecule has 256 valence electrons. The summed E-state index contributed by atoms with van der Waals surface area (Å²) < 4.78 is 11.4. The molecule has 2 aliphatic heterocycles. The quantitative estimate of drug-likeness (QED) is 0.198. The lowest BCUT2D eigenvalue weighted by Crippen LogP contribution is -2.46. The Balaban J connectivity index is 1.10. The third-order valence-corrected chi connectivity index (χ3v) is 9.52. The summed E-state index contributed by atoms with van der Waals surface area (Å²) in [7, 11) is 0. The van der Waals surface area contributed by atoms with Crippen LogP contribution in [-0.2, 0) is 15.0 Å². The normalized spacial score (nSPS) is 20.0. The zero-order chi connectivity index (χ0) is 34.7. The minimum Gasteiger partial charge on any atom is -0.444 e. The Kier molecular flexibility index (Phi) is 7.95. The first-order valence-corrected chi connectivity index (χ1v) is 17.3. The molecule has 3 aromatic carbocycles. The first kappa shape index (κ1) is 32.7. The molecule has 2 aliphatic rings. The molecule has 4 heterocycles. The van der Waals surface area contributed by atoms with E-state index in [-0.39, 0.29) is 18.2 Å². The fourth-order valence-corrected chi connectivity index (χ4v) is 7.10. The van der Waals surface area contributed by atoms with E-state index in [0.29, 0.717) is 13.1 Å². The topological polar surface area (TPSA) is 116 Å². The van der Waals surface area contributed by atoms with Crippen molar-refractivity contribution in [1.82, 2.24) is 29.7 Å². The van der Waals surface area contributed by atoms with Crippen molar-refractivity contribution >= 4 is 34.0 Å². The van der Waals surface area contributed by atoms with Crippen LogP contribution < -0.4 is 0 Å². The smallest absolute Gasteiger partial charge is 0.411 e. The van der Waals surface area contributed by atoms with Gasteiger partial charge in [0.2, 0.25) is 0 Å². The van der Waals surface area contributed by atoms with Gasteiger partial charge in [0.25, 0.3) is 0 Å². The molecule has 2 N–H and O–H groups in total. The molecule has 0 radical (unpaired) electrons. The first-order chi connectivity index (χ1) is 23.2. The standard InChI is InChI=1S/C39H46N6O4/c1-37(2,3)48-35(46)44-18-8-10-32(44)33-40-23-31(41-33)28-14-13-24-20-25(11-12-26(24)21-28)27-15-16-29-30(22-27)43-34(42-29)39(7)17-9-19-45(39)36(47)49-38(4,5)6/h11-16,20-23,32H,8-10,17-19H2,1-7H3,(H,40,41)(H,42,43). The van der Waals surface area contributed by atoms with Crippen molar-refractivity contribution in [3.8, 4) is 22.4 Å². The zero-order valence-electron chi connectivity index (χ0n) is 29.5. The lowest BCUT2D eigenvalue weighted by atomic mass is 9.98. The summed E-state index contributed by atoms with van der Waals surface area (Å²) >= 11 is 0. The summed E-state index contributed by atoms with van der Waals surface area (Å²) in [4.78, 5) is 46.2. The second-order valence-corrected chi connectivity index (χ2v) is 15.6. The van der Waals surface area contributed by atoms with Gasteiger partial charge in [-0.3, -0.25) is 9.80 Å². The summed E-state index contributed by atoms with van der Waals surface area (Å²) in [5.74, 6) is 1.56. The highest BCUT2D eigenvalue weighted by Gasteiger charge is 2.45. The Morgan fingerprint density at radius 3 is 2.20 bits per heavy atom. The lowest BCUT2D eigenvalue weighted by Gasteiger charge is -2.34. The molecule has 0 saturated carbocycles. The number of hydrogen-bond acceptors (Lipinski definition) is 6. The average Bonchev–Trinajstić information content (AvgIpc) is 3.84. The molecule has 10 nitrogen and oxygen atoms in total. The summed E-state index contributed by atoms with van der Waals surface area (Å²) in [5, 5.41) is 2.25. The van der Waals surface area contributed by atoms with Crippen molar-refractivity contribution in [2.24, 2.45) is 0 Å². The highest BCUT2D eigenvalue weighted by molar-refractivity contribution is 5.92. The fourth-order valence-electron chi connectivity index (χ4n) is 7.10. The number of fused-ring (bicyclic) bond motifs is 2. The maximum atomic E-state index is 13.1. The van der Waals surface area contributed by atoms with E-state index in [0.717, 1.165) is 81.5 Å². The molecule has 0 aliphatic carbocycles. The second-order valence-electron chi connectivity index (χ2n) is 15.6. The number of aromatic amines is 2. The molecule has 2 saturated heterocycles. The molecule has 2 unspecified atom stereocenters. The number of carbonyl (C=O) groups excluding carboxylic acids is 2. The molecular formula is C39H46N6O4. The van der Waals surface area contributed by atoms with Crippen molar-refractivity contribution < 1.29 is 19.1 Å². The number of nitrogens with one attached hydrogen (secondary N) is 2. The van der Waals surface area contributed by atoms with E-state index in [1.165, 1.54) is 0 Å². The van der Waals surface area contributed by atoms with Crippen LogP contribution in [0.4, 0.5) is 9.59 Å². The van der Waals surface area contributed by atoms with Crippen molar-refractivity contribution in [3.63, 3.8) is 0 Å². The summed E-state index contributed by atoms with van der Waals surface area (Å²) in [6.07, 6.45) is 4.72. The van der Waals surface area contributed by atoms with Gasteiger partial charge >= 0.3 is 12.2 Å². The minimum atomic E-state index is -0.563. The lowest BCUT2D eigenvalue weighted by molar-refractivity contribution is 0.00861. The van der Waals surface area contributed by atoms with Gasteiger partial charge in [0.1, 0.15) is 28.4 Å². The van der Waals surface area contributed by atoms with Crippen molar-refractivity contribution in [3.05, 3.63) is 72.4 Å². The fraction of sp³-hybridized carbons (Fsp3) is 0.436. The van der Waals surface area contributed by atoms with Crippen molar-refractivity contribution in [2.45, 2.75) is 96.9 Å². The van der Waals surface area contributed by atoms with E-state index in [2.05, 4.69) is 70.4 Å². The number of aromatic nitrogens is 4. The predicted molar refractivity (Wildman–Crippen MR) is 191 cm³/mol. The van der Waals surface area contributed by atoms with Gasteiger partial charge in [-0.15, -0.1) is 0 Å². The maximum absolute atomic E-state index is 13.1. The summed E-state index contributed by atoms with van der Waals surface area (Å²) in [6.45, 7) is 14.7. The monoisotopic (exact) mass is 662 g/mol. The number of rotatable bonds is 4. The van der Waals surface area contributed by atoms with Gasteiger partial charge in [-0.25, -0.2) is 19.6 Å². The molecule has 2 aromatic heterocycles. The van der Waals surface area contributed by atoms with E-state index >= 15 is 0 Å². The molecule has 2 fully saturated rings. The van der Waals surface area contributed by atoms with Crippen LogP contribution in [0.1, 0.15) is 91.8 Å². The van der Waals surface area contributed by atoms with Crippen molar-refractivity contribution in [2.75, 3.05) is 13.1 Å². The Bertz CT molecular complexity index is 2050. The Morgan fingerprint density at radius 2 is 1.47 bits per heavy atom. The van der Waals surface area contributed by atoms with E-state index < -0.39 is 16.7 Å². The molecule has 0 bridgehead atoms. The van der Waals surface area contributed by atoms with E-state index in [1.807, 2.05) is 58.7 Å². The van der Waals surface area contributed by atoms with Gasteiger partial charge in [0.15, 0.2) is 0 Å². The molecule has 5 aromatic rings. The molecule has 10 heteroatoms. The van der Waals surface area contributed by atoms with Gasteiger partial charge in [-0.2, -0.15) is 0 Å². The van der Waals surface area contributed by atoms with Crippen LogP contribution in [0.15, 0.2) is 60.8 Å². The number of ether oxygens (including phenoxy) is 2.